The SMILES string of the molecule is O=C1COc2ccc(NC(=O)c3ccccc3N3CCCC3=O)cc2N1. The number of nitrogens with zero attached hydrogens (tertiary/aromatic N) is 1. The Bertz CT molecular complexity index is 909. The van der Waals surface area contributed by atoms with Crippen molar-refractivity contribution >= 4 is 34.8 Å². The molecule has 1 fully saturated rings. The van der Waals surface area contributed by atoms with Crippen molar-refractivity contribution in [3.8, 4) is 5.75 Å². The van der Waals surface area contributed by atoms with Crippen molar-refractivity contribution in [3.05, 3.63) is 48.0 Å². The van der Waals surface area contributed by atoms with Gasteiger partial charge in [-0.3, -0.25) is 14.4 Å². The van der Waals surface area contributed by atoms with Gasteiger partial charge in [-0.2, -0.15) is 0 Å². The average Bonchev–Trinajstić information content (AvgIpc) is 3.07. The normalized spacial score (nSPS) is 15.9. The van der Waals surface area contributed by atoms with Gasteiger partial charge >= 0.3 is 0 Å². The molecule has 132 valence electrons. The van der Waals surface area contributed by atoms with Crippen LogP contribution in [0, 0.1) is 0 Å². The zero-order valence-corrected chi connectivity index (χ0v) is 14.0. The van der Waals surface area contributed by atoms with Crippen LogP contribution in [0.5, 0.6) is 5.75 Å². The summed E-state index contributed by atoms with van der Waals surface area (Å²) in [6.07, 6.45) is 1.29. The van der Waals surface area contributed by atoms with Gasteiger partial charge in [0.2, 0.25) is 5.91 Å². The highest BCUT2D eigenvalue weighted by Gasteiger charge is 2.25. The molecule has 0 aliphatic carbocycles. The number of hydrogen-bond acceptors (Lipinski definition) is 4. The first-order valence-electron chi connectivity index (χ1n) is 8.39. The van der Waals surface area contributed by atoms with E-state index in [1.807, 2.05) is 6.07 Å². The van der Waals surface area contributed by atoms with E-state index in [1.54, 1.807) is 41.3 Å². The molecule has 0 saturated carbocycles. The molecule has 2 heterocycles. The number of hydrogen-bond donors (Lipinski definition) is 2. The smallest absolute Gasteiger partial charge is 0.262 e. The van der Waals surface area contributed by atoms with Crippen molar-refractivity contribution in [2.75, 3.05) is 28.7 Å². The van der Waals surface area contributed by atoms with Crippen molar-refractivity contribution in [2.45, 2.75) is 12.8 Å². The lowest BCUT2D eigenvalue weighted by atomic mass is 10.1. The maximum absolute atomic E-state index is 12.8. The van der Waals surface area contributed by atoms with Gasteiger partial charge in [0, 0.05) is 18.7 Å². The fourth-order valence-corrected chi connectivity index (χ4v) is 3.16. The van der Waals surface area contributed by atoms with E-state index < -0.39 is 0 Å². The van der Waals surface area contributed by atoms with Gasteiger partial charge < -0.3 is 20.3 Å². The molecule has 0 aromatic heterocycles. The molecule has 2 aromatic rings. The first-order valence-corrected chi connectivity index (χ1v) is 8.39. The fraction of sp³-hybridized carbons (Fsp3) is 0.211. The Balaban J connectivity index is 1.59. The van der Waals surface area contributed by atoms with Crippen molar-refractivity contribution in [1.29, 1.82) is 0 Å². The molecule has 3 amide bonds. The highest BCUT2D eigenvalue weighted by molar-refractivity contribution is 6.11. The van der Waals surface area contributed by atoms with Crippen LogP contribution in [0.3, 0.4) is 0 Å². The van der Waals surface area contributed by atoms with E-state index in [2.05, 4.69) is 10.6 Å². The summed E-state index contributed by atoms with van der Waals surface area (Å²) >= 11 is 0. The predicted molar refractivity (Wildman–Crippen MR) is 96.5 cm³/mol. The van der Waals surface area contributed by atoms with Crippen LogP contribution < -0.4 is 20.3 Å². The first-order chi connectivity index (χ1) is 12.6. The molecule has 2 N–H and O–H groups in total. The minimum Gasteiger partial charge on any atom is -0.482 e. The zero-order valence-electron chi connectivity index (χ0n) is 14.0. The van der Waals surface area contributed by atoms with E-state index >= 15 is 0 Å². The summed E-state index contributed by atoms with van der Waals surface area (Å²) in [5, 5.41) is 5.53. The molecule has 0 unspecified atom stereocenters. The van der Waals surface area contributed by atoms with Crippen molar-refractivity contribution in [1.82, 2.24) is 0 Å². The van der Waals surface area contributed by atoms with Gasteiger partial charge in [-0.1, -0.05) is 12.1 Å². The summed E-state index contributed by atoms with van der Waals surface area (Å²) in [6.45, 7) is 0.598. The lowest BCUT2D eigenvalue weighted by Gasteiger charge is -2.20. The van der Waals surface area contributed by atoms with Crippen LogP contribution in [0.15, 0.2) is 42.5 Å². The predicted octanol–water partition coefficient (Wildman–Crippen LogP) is 2.40. The summed E-state index contributed by atoms with van der Waals surface area (Å²) in [7, 11) is 0. The van der Waals surface area contributed by atoms with Crippen LogP contribution in [0.4, 0.5) is 17.1 Å². The van der Waals surface area contributed by atoms with Gasteiger partial charge in [0.05, 0.1) is 16.9 Å². The number of carbonyl (C=O) groups is 3. The molecule has 26 heavy (non-hydrogen) atoms. The Hall–Kier alpha value is -3.35. The maximum atomic E-state index is 12.8. The molecule has 0 bridgehead atoms. The highest BCUT2D eigenvalue weighted by atomic mass is 16.5. The van der Waals surface area contributed by atoms with Crippen LogP contribution in [0.2, 0.25) is 0 Å². The lowest BCUT2D eigenvalue weighted by Crippen LogP contribution is -2.27. The first kappa shape index (κ1) is 16.1. The molecule has 0 radical (unpaired) electrons. The Kier molecular flexibility index (Phi) is 4.04. The van der Waals surface area contributed by atoms with Crippen molar-refractivity contribution in [3.63, 3.8) is 0 Å². The quantitative estimate of drug-likeness (QED) is 0.889. The number of benzene rings is 2. The number of carbonyl (C=O) groups excluding carboxylic acids is 3. The number of para-hydroxylation sites is 1. The van der Waals surface area contributed by atoms with Gasteiger partial charge in [-0.05, 0) is 36.8 Å². The second-order valence-corrected chi connectivity index (χ2v) is 6.17. The van der Waals surface area contributed by atoms with Gasteiger partial charge in [-0.15, -0.1) is 0 Å². The minimum absolute atomic E-state index is 0.0179. The standard InChI is InChI=1S/C19H17N3O4/c23-17-11-26-16-8-7-12(10-14(16)21-17)20-19(25)13-4-1-2-5-15(13)22-9-3-6-18(22)24/h1-2,4-5,7-8,10H,3,6,9,11H2,(H,20,25)(H,21,23). The van der Waals surface area contributed by atoms with E-state index in [1.165, 1.54) is 0 Å². The molecule has 7 nitrogen and oxygen atoms in total. The second-order valence-electron chi connectivity index (χ2n) is 6.17. The molecule has 2 aliphatic heterocycles. The molecule has 2 aliphatic rings. The maximum Gasteiger partial charge on any atom is 0.262 e. The largest absolute Gasteiger partial charge is 0.482 e. The van der Waals surface area contributed by atoms with E-state index in [4.69, 9.17) is 4.74 Å². The van der Waals surface area contributed by atoms with E-state index in [0.717, 1.165) is 6.42 Å². The summed E-state index contributed by atoms with van der Waals surface area (Å²) < 4.78 is 5.31. The molecule has 1 saturated heterocycles. The molecule has 0 spiro atoms. The summed E-state index contributed by atoms with van der Waals surface area (Å²) in [4.78, 5) is 37.9. The van der Waals surface area contributed by atoms with Crippen LogP contribution in [0.25, 0.3) is 0 Å². The third-order valence-electron chi connectivity index (χ3n) is 4.38. The molecule has 2 aromatic carbocycles. The summed E-state index contributed by atoms with van der Waals surface area (Å²) in [5.74, 6) is 0.0340. The average molecular weight is 351 g/mol. The fourth-order valence-electron chi connectivity index (χ4n) is 3.16. The number of nitrogens with one attached hydrogen (secondary N) is 2. The van der Waals surface area contributed by atoms with Crippen LogP contribution in [0.1, 0.15) is 23.2 Å². The number of amides is 3. The topological polar surface area (TPSA) is 87.7 Å². The second kappa shape index (κ2) is 6.51. The molecule has 0 atom stereocenters. The van der Waals surface area contributed by atoms with Crippen molar-refractivity contribution in [2.24, 2.45) is 0 Å². The monoisotopic (exact) mass is 351 g/mol. The molecule has 4 rings (SSSR count). The van der Waals surface area contributed by atoms with E-state index in [0.29, 0.717) is 41.3 Å². The number of fused-ring (bicyclic) bond motifs is 1. The zero-order chi connectivity index (χ0) is 18.1. The summed E-state index contributed by atoms with van der Waals surface area (Å²) in [5.41, 5.74) is 2.09. The third kappa shape index (κ3) is 2.99. The Morgan fingerprint density at radius 3 is 2.81 bits per heavy atom. The minimum atomic E-state index is -0.316. The summed E-state index contributed by atoms with van der Waals surface area (Å²) in [6, 6.07) is 12.1. The van der Waals surface area contributed by atoms with Gasteiger partial charge in [-0.25, -0.2) is 0 Å². The molecular formula is C19H17N3O4. The Morgan fingerprint density at radius 2 is 2.00 bits per heavy atom. The Morgan fingerprint density at radius 1 is 1.15 bits per heavy atom. The molecule has 7 heteroatoms. The number of ether oxygens (including phenoxy) is 1. The lowest BCUT2D eigenvalue weighted by molar-refractivity contribution is -0.119. The molecular weight excluding hydrogens is 334 g/mol. The number of rotatable bonds is 3. The van der Waals surface area contributed by atoms with Crippen LogP contribution >= 0.6 is 0 Å². The van der Waals surface area contributed by atoms with Crippen LogP contribution in [-0.4, -0.2) is 30.9 Å². The Labute approximate surface area is 149 Å². The van der Waals surface area contributed by atoms with E-state index in [9.17, 15) is 14.4 Å². The third-order valence-corrected chi connectivity index (χ3v) is 4.38. The van der Waals surface area contributed by atoms with Crippen LogP contribution in [-0.2, 0) is 9.59 Å². The van der Waals surface area contributed by atoms with Crippen molar-refractivity contribution < 1.29 is 19.1 Å². The highest BCUT2D eigenvalue weighted by Crippen LogP contribution is 2.31. The number of anilines is 3. The van der Waals surface area contributed by atoms with Gasteiger partial charge in [0.1, 0.15) is 5.75 Å². The van der Waals surface area contributed by atoms with E-state index in [-0.39, 0.29) is 24.3 Å². The van der Waals surface area contributed by atoms with Gasteiger partial charge in [0.15, 0.2) is 6.61 Å². The van der Waals surface area contributed by atoms with Gasteiger partial charge in [0.25, 0.3) is 11.8 Å².